The number of nitro groups is 1. The Bertz CT molecular complexity index is 574. The molecule has 126 valence electrons. The summed E-state index contributed by atoms with van der Waals surface area (Å²) < 4.78 is 5.70. The molecule has 1 aromatic rings. The summed E-state index contributed by atoms with van der Waals surface area (Å²) in [7, 11) is 0. The molecule has 0 spiro atoms. The monoisotopic (exact) mass is 341 g/mol. The predicted octanol–water partition coefficient (Wildman–Crippen LogP) is 2.22. The summed E-state index contributed by atoms with van der Waals surface area (Å²) >= 11 is 5.87. The maximum Gasteiger partial charge on any atom is 0.271 e. The lowest BCUT2D eigenvalue weighted by molar-refractivity contribution is -0.384. The Balaban J connectivity index is 1.96. The van der Waals surface area contributed by atoms with Crippen molar-refractivity contribution < 1.29 is 14.5 Å². The summed E-state index contributed by atoms with van der Waals surface area (Å²) in [6.07, 6.45) is 2.46. The van der Waals surface area contributed by atoms with Crippen LogP contribution in [0, 0.1) is 10.1 Å². The molecule has 0 bridgehead atoms. The molecular formula is C15H20ClN3O4. The molecule has 0 aliphatic carbocycles. The number of hydrogen-bond donors (Lipinski definition) is 1. The molecule has 2 rings (SSSR count). The molecule has 1 saturated heterocycles. The minimum atomic E-state index is -0.555. The SMILES string of the molecule is NCCCOC1CCN(C(=O)c2cc(Cl)cc([N+](=O)[O-])c2)CC1. The Hall–Kier alpha value is -1.70. The van der Waals surface area contributed by atoms with Gasteiger partial charge in [-0.2, -0.15) is 0 Å². The first-order valence-corrected chi connectivity index (χ1v) is 7.95. The molecular weight excluding hydrogens is 322 g/mol. The van der Waals surface area contributed by atoms with E-state index in [-0.39, 0.29) is 28.3 Å². The van der Waals surface area contributed by atoms with Crippen molar-refractivity contribution in [3.8, 4) is 0 Å². The molecule has 0 unspecified atom stereocenters. The van der Waals surface area contributed by atoms with Crippen molar-refractivity contribution >= 4 is 23.2 Å². The smallest absolute Gasteiger partial charge is 0.271 e. The first kappa shape index (κ1) is 17.7. The number of carbonyl (C=O) groups excluding carboxylic acids is 1. The van der Waals surface area contributed by atoms with E-state index >= 15 is 0 Å². The average Bonchev–Trinajstić information content (AvgIpc) is 2.54. The number of carbonyl (C=O) groups is 1. The van der Waals surface area contributed by atoms with Crippen LogP contribution in [0.2, 0.25) is 5.02 Å². The quantitative estimate of drug-likeness (QED) is 0.486. The topological polar surface area (TPSA) is 98.7 Å². The predicted molar refractivity (Wildman–Crippen MR) is 86.7 cm³/mol. The molecule has 7 nitrogen and oxygen atoms in total. The largest absolute Gasteiger partial charge is 0.378 e. The lowest BCUT2D eigenvalue weighted by Gasteiger charge is -2.32. The van der Waals surface area contributed by atoms with Crippen LogP contribution in [0.15, 0.2) is 18.2 Å². The first-order valence-electron chi connectivity index (χ1n) is 7.57. The maximum atomic E-state index is 12.5. The standard InChI is InChI=1S/C15H20ClN3O4/c16-12-8-11(9-13(10-12)19(21)22)15(20)18-5-2-14(3-6-18)23-7-1-4-17/h8-10,14H,1-7,17H2. The second-order valence-electron chi connectivity index (χ2n) is 5.46. The number of nitro benzene ring substituents is 1. The number of piperidine rings is 1. The third-order valence-electron chi connectivity index (χ3n) is 3.77. The van der Waals surface area contributed by atoms with E-state index in [1.807, 2.05) is 0 Å². The molecule has 1 amide bonds. The van der Waals surface area contributed by atoms with Gasteiger partial charge in [-0.1, -0.05) is 11.6 Å². The minimum Gasteiger partial charge on any atom is -0.378 e. The van der Waals surface area contributed by atoms with Crippen molar-refractivity contribution in [1.29, 1.82) is 0 Å². The number of rotatable bonds is 6. The molecule has 1 aliphatic heterocycles. The van der Waals surface area contributed by atoms with E-state index in [0.29, 0.717) is 26.2 Å². The van der Waals surface area contributed by atoms with Gasteiger partial charge in [0, 0.05) is 42.4 Å². The highest BCUT2D eigenvalue weighted by Crippen LogP contribution is 2.23. The van der Waals surface area contributed by atoms with Gasteiger partial charge in [-0.3, -0.25) is 14.9 Å². The Morgan fingerprint density at radius 1 is 1.39 bits per heavy atom. The summed E-state index contributed by atoms with van der Waals surface area (Å²) in [4.78, 5) is 24.5. The number of ether oxygens (including phenoxy) is 1. The number of non-ortho nitro benzene ring substituents is 1. The lowest BCUT2D eigenvalue weighted by atomic mass is 10.1. The van der Waals surface area contributed by atoms with E-state index in [4.69, 9.17) is 22.1 Å². The van der Waals surface area contributed by atoms with Crippen LogP contribution in [0.4, 0.5) is 5.69 Å². The fraction of sp³-hybridized carbons (Fsp3) is 0.533. The van der Waals surface area contributed by atoms with Gasteiger partial charge in [-0.05, 0) is 31.9 Å². The minimum absolute atomic E-state index is 0.138. The van der Waals surface area contributed by atoms with E-state index in [0.717, 1.165) is 19.3 Å². The fourth-order valence-electron chi connectivity index (χ4n) is 2.54. The number of likely N-dealkylation sites (tertiary alicyclic amines) is 1. The number of halogens is 1. The fourth-order valence-corrected chi connectivity index (χ4v) is 2.77. The first-order chi connectivity index (χ1) is 11.0. The van der Waals surface area contributed by atoms with E-state index < -0.39 is 4.92 Å². The highest BCUT2D eigenvalue weighted by Gasteiger charge is 2.25. The Labute approximate surface area is 139 Å². The molecule has 0 radical (unpaired) electrons. The highest BCUT2D eigenvalue weighted by molar-refractivity contribution is 6.31. The van der Waals surface area contributed by atoms with Crippen LogP contribution in [0.5, 0.6) is 0 Å². The van der Waals surface area contributed by atoms with Gasteiger partial charge in [-0.15, -0.1) is 0 Å². The van der Waals surface area contributed by atoms with Gasteiger partial charge in [0.25, 0.3) is 11.6 Å². The number of nitrogens with two attached hydrogens (primary N) is 1. The average molecular weight is 342 g/mol. The molecule has 0 atom stereocenters. The molecule has 1 heterocycles. The molecule has 1 aliphatic rings. The van der Waals surface area contributed by atoms with Crippen LogP contribution >= 0.6 is 11.6 Å². The van der Waals surface area contributed by atoms with E-state index in [1.54, 1.807) is 4.90 Å². The second-order valence-corrected chi connectivity index (χ2v) is 5.90. The van der Waals surface area contributed by atoms with Crippen LogP contribution in [0.3, 0.4) is 0 Å². The van der Waals surface area contributed by atoms with Crippen molar-refractivity contribution in [1.82, 2.24) is 4.90 Å². The van der Waals surface area contributed by atoms with Gasteiger partial charge in [0.2, 0.25) is 0 Å². The summed E-state index contributed by atoms with van der Waals surface area (Å²) in [5.74, 6) is -0.240. The van der Waals surface area contributed by atoms with E-state index in [9.17, 15) is 14.9 Å². The maximum absolute atomic E-state index is 12.5. The highest BCUT2D eigenvalue weighted by atomic mass is 35.5. The van der Waals surface area contributed by atoms with E-state index in [1.165, 1.54) is 18.2 Å². The van der Waals surface area contributed by atoms with Crippen LogP contribution in [0.1, 0.15) is 29.6 Å². The van der Waals surface area contributed by atoms with Crippen molar-refractivity contribution in [3.63, 3.8) is 0 Å². The van der Waals surface area contributed by atoms with Gasteiger partial charge in [0.15, 0.2) is 0 Å². The molecule has 1 aromatic carbocycles. The zero-order chi connectivity index (χ0) is 16.8. The van der Waals surface area contributed by atoms with Gasteiger partial charge in [0.05, 0.1) is 11.0 Å². The van der Waals surface area contributed by atoms with Crippen molar-refractivity contribution in [2.24, 2.45) is 5.73 Å². The third-order valence-corrected chi connectivity index (χ3v) is 3.99. The lowest BCUT2D eigenvalue weighted by Crippen LogP contribution is -2.41. The van der Waals surface area contributed by atoms with Crippen LogP contribution in [-0.2, 0) is 4.74 Å². The Morgan fingerprint density at radius 3 is 2.70 bits per heavy atom. The van der Waals surface area contributed by atoms with Gasteiger partial charge >= 0.3 is 0 Å². The zero-order valence-electron chi connectivity index (χ0n) is 12.7. The molecule has 0 aromatic heterocycles. The summed E-state index contributed by atoms with van der Waals surface area (Å²) in [5.41, 5.74) is 5.49. The normalized spacial score (nSPS) is 15.7. The zero-order valence-corrected chi connectivity index (χ0v) is 13.5. The van der Waals surface area contributed by atoms with Crippen molar-refractivity contribution in [2.45, 2.75) is 25.4 Å². The van der Waals surface area contributed by atoms with Crippen molar-refractivity contribution in [3.05, 3.63) is 38.9 Å². The van der Waals surface area contributed by atoms with Gasteiger partial charge in [0.1, 0.15) is 0 Å². The summed E-state index contributed by atoms with van der Waals surface area (Å²) in [5, 5.41) is 11.1. The Kier molecular flexibility index (Phi) is 6.32. The third kappa shape index (κ3) is 4.89. The number of amides is 1. The van der Waals surface area contributed by atoms with Gasteiger partial charge in [-0.25, -0.2) is 0 Å². The molecule has 2 N–H and O–H groups in total. The molecule has 0 saturated carbocycles. The van der Waals surface area contributed by atoms with Gasteiger partial charge < -0.3 is 15.4 Å². The number of hydrogen-bond acceptors (Lipinski definition) is 5. The summed E-state index contributed by atoms with van der Waals surface area (Å²) in [6, 6.07) is 3.95. The molecule has 8 heteroatoms. The van der Waals surface area contributed by atoms with Crippen LogP contribution in [-0.4, -0.2) is 48.1 Å². The van der Waals surface area contributed by atoms with E-state index in [2.05, 4.69) is 0 Å². The number of nitrogens with zero attached hydrogens (tertiary/aromatic N) is 2. The number of benzene rings is 1. The second kappa shape index (κ2) is 8.24. The van der Waals surface area contributed by atoms with Crippen LogP contribution in [0.25, 0.3) is 0 Å². The Morgan fingerprint density at radius 2 is 2.09 bits per heavy atom. The molecule has 23 heavy (non-hydrogen) atoms. The van der Waals surface area contributed by atoms with Crippen molar-refractivity contribution in [2.75, 3.05) is 26.2 Å². The summed E-state index contributed by atoms with van der Waals surface area (Å²) in [6.45, 7) is 2.36. The van der Waals surface area contributed by atoms with Crippen LogP contribution < -0.4 is 5.73 Å². The molecule has 1 fully saturated rings.